The van der Waals surface area contributed by atoms with Crippen LogP contribution in [0.4, 0.5) is 0 Å². The number of nitrogens with zero attached hydrogens (tertiary/aromatic N) is 3. The van der Waals surface area contributed by atoms with E-state index in [4.69, 9.17) is 6.58 Å². The van der Waals surface area contributed by atoms with Gasteiger partial charge in [0.15, 0.2) is 23.3 Å². The minimum absolute atomic E-state index is 0.169. The molecule has 5 heterocycles. The Bertz CT molecular complexity index is 3720. The molecule has 0 radical (unpaired) electrons. The van der Waals surface area contributed by atoms with E-state index in [0.29, 0.717) is 0 Å². The summed E-state index contributed by atoms with van der Waals surface area (Å²) in [6.45, 7) is 26.7. The molecule has 12 rings (SSSR count). The zero-order chi connectivity index (χ0) is 47.6. The van der Waals surface area contributed by atoms with Gasteiger partial charge < -0.3 is 0 Å². The van der Waals surface area contributed by atoms with Crippen molar-refractivity contribution in [1.82, 2.24) is 4.57 Å². The number of thiophene rings is 1. The van der Waals surface area contributed by atoms with Gasteiger partial charge in [0.2, 0.25) is 5.69 Å². The van der Waals surface area contributed by atoms with Crippen LogP contribution >= 0.6 is 11.3 Å². The van der Waals surface area contributed by atoms with Gasteiger partial charge in [-0.2, -0.15) is 13.7 Å². The lowest BCUT2D eigenvalue weighted by Crippen LogP contribution is -2.52. The number of rotatable bonds is 5. The van der Waals surface area contributed by atoms with E-state index < -0.39 is 8.07 Å². The fourth-order valence-electron chi connectivity index (χ4n) is 12.3. The van der Waals surface area contributed by atoms with Crippen LogP contribution in [0.15, 0.2) is 152 Å². The number of hydrogen-bond acceptors (Lipinski definition) is 1. The highest BCUT2D eigenvalue weighted by atomic mass is 32.1. The van der Waals surface area contributed by atoms with Crippen LogP contribution in [0.25, 0.3) is 87.1 Å². The summed E-state index contributed by atoms with van der Waals surface area (Å²) in [6.07, 6.45) is 5.35. The second-order valence-corrected chi connectivity index (χ2v) is 28.1. The Morgan fingerprint density at radius 3 is 2.19 bits per heavy atom. The first-order valence-electron chi connectivity index (χ1n) is 25.3. The summed E-state index contributed by atoms with van der Waals surface area (Å²) in [4.78, 5) is 0. The molecular formula is C64H63N3SSi+2. The first kappa shape index (κ1) is 43.8. The maximum atomic E-state index is 5.24. The molecule has 0 saturated heterocycles. The van der Waals surface area contributed by atoms with E-state index in [1.54, 1.807) is 0 Å². The molecular weight excluding hydrogens is 871 g/mol. The minimum Gasteiger partial charge on any atom is -0.195 e. The average molecular weight is 934 g/mol. The van der Waals surface area contributed by atoms with Crippen LogP contribution in [0.3, 0.4) is 0 Å². The van der Waals surface area contributed by atoms with Crippen molar-refractivity contribution in [1.29, 1.82) is 0 Å². The van der Waals surface area contributed by atoms with Gasteiger partial charge in [-0.25, -0.2) is 0 Å². The Labute approximate surface area is 413 Å². The van der Waals surface area contributed by atoms with Crippen molar-refractivity contribution in [2.45, 2.75) is 104 Å². The van der Waals surface area contributed by atoms with Crippen molar-refractivity contribution in [2.75, 3.05) is 0 Å². The summed E-state index contributed by atoms with van der Waals surface area (Å²) in [5.41, 5.74) is 19.7. The van der Waals surface area contributed by atoms with Crippen LogP contribution in [0.1, 0.15) is 97.7 Å². The first-order valence-corrected chi connectivity index (χ1v) is 29.6. The number of fused-ring (bicyclic) bond motifs is 16. The average Bonchev–Trinajstić information content (AvgIpc) is 3.87. The quantitative estimate of drug-likeness (QED) is 0.120. The molecule has 2 aliphatic rings. The summed E-state index contributed by atoms with van der Waals surface area (Å²) in [5.74, 6) is 2.02. The molecule has 2 atom stereocenters. The lowest BCUT2D eigenvalue weighted by molar-refractivity contribution is -0.716. The molecule has 10 aromatic rings. The molecule has 5 heteroatoms. The molecule has 3 nitrogen and oxygen atoms in total. The first-order chi connectivity index (χ1) is 33.2. The third kappa shape index (κ3) is 7.02. The second-order valence-electron chi connectivity index (χ2n) is 21.9. The molecule has 0 aliphatic carbocycles. The minimum atomic E-state index is -1.68. The zero-order valence-corrected chi connectivity index (χ0v) is 43.6. The van der Waals surface area contributed by atoms with Gasteiger partial charge >= 0.3 is 0 Å². The number of para-hydroxylation sites is 2. The van der Waals surface area contributed by atoms with Crippen LogP contribution < -0.4 is 14.3 Å². The fraction of sp³-hybridized carbons (Fsp3) is 0.250. The van der Waals surface area contributed by atoms with Crippen molar-refractivity contribution in [2.24, 2.45) is 0 Å². The number of allylic oxidation sites excluding steroid dienone is 1. The maximum absolute atomic E-state index is 5.24. The predicted octanol–water partition coefficient (Wildman–Crippen LogP) is 16.3. The van der Waals surface area contributed by atoms with E-state index in [-0.39, 0.29) is 23.8 Å². The Hall–Kier alpha value is -6.40. The van der Waals surface area contributed by atoms with Gasteiger partial charge in [0, 0.05) is 48.5 Å². The van der Waals surface area contributed by atoms with E-state index >= 15 is 0 Å². The molecule has 342 valence electrons. The van der Waals surface area contributed by atoms with E-state index in [9.17, 15) is 0 Å². The topological polar surface area (TPSA) is 12.7 Å². The van der Waals surface area contributed by atoms with Crippen LogP contribution in [-0.2, 0) is 6.42 Å². The van der Waals surface area contributed by atoms with E-state index in [0.717, 1.165) is 25.0 Å². The molecule has 0 N–H and O–H groups in total. The molecule has 0 bridgehead atoms. The van der Waals surface area contributed by atoms with Crippen molar-refractivity contribution in [3.8, 4) is 39.5 Å². The molecule has 2 aliphatic heterocycles. The van der Waals surface area contributed by atoms with Crippen LogP contribution in [0, 0.1) is 13.8 Å². The third-order valence-corrected chi connectivity index (χ3v) is 19.0. The highest BCUT2D eigenvalue weighted by molar-refractivity contribution is 7.26. The molecule has 0 amide bonds. The monoisotopic (exact) mass is 933 g/mol. The van der Waals surface area contributed by atoms with Gasteiger partial charge in [-0.3, -0.25) is 0 Å². The smallest absolute Gasteiger partial charge is 0.195 e. The van der Waals surface area contributed by atoms with E-state index in [2.05, 4.69) is 221 Å². The molecule has 0 spiro atoms. The molecule has 3 aromatic heterocycles. The van der Waals surface area contributed by atoms with Crippen molar-refractivity contribution in [3.05, 3.63) is 186 Å². The zero-order valence-electron chi connectivity index (χ0n) is 41.7. The Morgan fingerprint density at radius 1 is 0.710 bits per heavy atom. The van der Waals surface area contributed by atoms with Crippen LogP contribution in [0.5, 0.6) is 0 Å². The number of aromatic nitrogens is 3. The second kappa shape index (κ2) is 16.4. The normalized spacial score (nSPS) is 16.0. The number of pyridine rings is 1. The van der Waals surface area contributed by atoms with Crippen molar-refractivity contribution < 1.29 is 9.13 Å². The lowest BCUT2D eigenvalue weighted by atomic mass is 9.76. The standard InChI is InChI=1S/C64H63N3SSi/c1-38(2)51-33-46(43-18-12-11-13-19-43)34-52(39(3)4)62(51)67-57-23-17-16-22-56(57)66-42(7)32-59-49(27-25-45-35-60-54(36-53(45)64(66)67)55-31-40(5)30-41(6)63(55)68-60)50-28-24-44-20-14-15-21-48(44)61(50)58-29-26-47(37-65(58)59)69(8,9)10/h11-24,26,28-31,33-39,49,59H,7,25,27,32H2,1-6,8-10H3/q+2. The molecule has 7 aromatic carbocycles. The molecule has 0 saturated carbocycles. The molecule has 69 heavy (non-hydrogen) atoms. The number of hydrogen-bond donors (Lipinski definition) is 0. The lowest BCUT2D eigenvalue weighted by Gasteiger charge is -2.33. The number of benzene rings is 7. The summed E-state index contributed by atoms with van der Waals surface area (Å²) in [6, 6.07) is 54.0. The Kier molecular flexibility index (Phi) is 10.4. The largest absolute Gasteiger partial charge is 0.300 e. The van der Waals surface area contributed by atoms with Crippen molar-refractivity contribution >= 4 is 72.3 Å². The maximum Gasteiger partial charge on any atom is 0.300 e. The van der Waals surface area contributed by atoms with Crippen LogP contribution in [0.2, 0.25) is 19.6 Å². The third-order valence-electron chi connectivity index (χ3n) is 15.7. The molecule has 2 unspecified atom stereocenters. The summed E-state index contributed by atoms with van der Waals surface area (Å²) >= 11 is 1.97. The summed E-state index contributed by atoms with van der Waals surface area (Å²) in [7, 11) is -1.68. The van der Waals surface area contributed by atoms with Gasteiger partial charge in [-0.15, -0.1) is 11.3 Å². The highest BCUT2D eigenvalue weighted by Gasteiger charge is 2.45. The van der Waals surface area contributed by atoms with Gasteiger partial charge in [-0.1, -0.05) is 150 Å². The van der Waals surface area contributed by atoms with E-state index in [1.807, 2.05) is 11.3 Å². The Morgan fingerprint density at radius 2 is 1.43 bits per heavy atom. The van der Waals surface area contributed by atoms with Gasteiger partial charge in [0.05, 0.1) is 25.6 Å². The summed E-state index contributed by atoms with van der Waals surface area (Å²) < 4.78 is 10.8. The van der Waals surface area contributed by atoms with E-state index in [1.165, 1.54) is 120 Å². The van der Waals surface area contributed by atoms with Crippen molar-refractivity contribution in [3.63, 3.8) is 0 Å². The SMILES string of the molecule is C=C1CC2C(CCc3cc4sc5c(C)cc(C)cc5c4cc3-c3n1c1ccccc1[n+]3-c1c(C(C)C)cc(-c3ccccc3)cc1C(C)C)c1ccc3ccccc3c1-c1ccc([Si](C)(C)C)c[n+]12. The fourth-order valence-corrected chi connectivity index (χ4v) is 14.6. The predicted molar refractivity (Wildman–Crippen MR) is 297 cm³/mol. The number of imidazole rings is 1. The van der Waals surface area contributed by atoms with Crippen LogP contribution in [-0.4, -0.2) is 12.6 Å². The van der Waals surface area contributed by atoms with Gasteiger partial charge in [0.1, 0.15) is 11.4 Å². The Balaban J connectivity index is 1.20. The number of aryl methyl sites for hydroxylation is 3. The highest BCUT2D eigenvalue weighted by Crippen LogP contribution is 2.49. The molecule has 0 fully saturated rings. The summed E-state index contributed by atoms with van der Waals surface area (Å²) in [5, 5.41) is 6.84. The van der Waals surface area contributed by atoms with Gasteiger partial charge in [-0.05, 0) is 120 Å². The van der Waals surface area contributed by atoms with Gasteiger partial charge in [0.25, 0.3) is 5.82 Å².